The summed E-state index contributed by atoms with van der Waals surface area (Å²) in [5.74, 6) is 1.48. The summed E-state index contributed by atoms with van der Waals surface area (Å²) in [7, 11) is 3.30. The SMILES string of the molecule is CCNCc1cc(OC)c(OC)cc1-c1ccncc1. The standard InChI is InChI=1S/C16H20N2O2/c1-4-17-11-13-9-15(19-2)16(20-3)10-14(13)12-5-7-18-8-6-12/h5-10,17H,4,11H2,1-3H3. The first-order chi connectivity index (χ1) is 9.80. The number of nitrogens with one attached hydrogen (secondary N) is 1. The number of hydrogen-bond donors (Lipinski definition) is 1. The molecule has 0 aliphatic heterocycles. The molecule has 0 saturated heterocycles. The number of methoxy groups -OCH3 is 2. The summed E-state index contributed by atoms with van der Waals surface area (Å²) in [4.78, 5) is 4.07. The summed E-state index contributed by atoms with van der Waals surface area (Å²) >= 11 is 0. The molecule has 0 atom stereocenters. The van der Waals surface area contributed by atoms with E-state index in [1.165, 1.54) is 5.56 Å². The van der Waals surface area contributed by atoms with Crippen LogP contribution in [0.2, 0.25) is 0 Å². The molecule has 4 heteroatoms. The van der Waals surface area contributed by atoms with E-state index in [0.717, 1.165) is 35.7 Å². The van der Waals surface area contributed by atoms with Crippen molar-refractivity contribution >= 4 is 0 Å². The summed E-state index contributed by atoms with van der Waals surface area (Å²) < 4.78 is 10.8. The van der Waals surface area contributed by atoms with Gasteiger partial charge in [0.15, 0.2) is 11.5 Å². The first-order valence-corrected chi connectivity index (χ1v) is 6.66. The Kier molecular flexibility index (Phi) is 4.96. The van der Waals surface area contributed by atoms with Crippen molar-refractivity contribution in [1.82, 2.24) is 10.3 Å². The number of rotatable bonds is 6. The highest BCUT2D eigenvalue weighted by molar-refractivity contribution is 5.71. The third kappa shape index (κ3) is 3.08. The fraction of sp³-hybridized carbons (Fsp3) is 0.312. The molecule has 0 aliphatic rings. The normalized spacial score (nSPS) is 10.3. The Balaban J connectivity index is 2.51. The van der Waals surface area contributed by atoms with Gasteiger partial charge in [-0.3, -0.25) is 4.98 Å². The lowest BCUT2D eigenvalue weighted by molar-refractivity contribution is 0.354. The van der Waals surface area contributed by atoms with Gasteiger partial charge in [-0.05, 0) is 47.5 Å². The summed E-state index contributed by atoms with van der Waals surface area (Å²) in [6, 6.07) is 8.03. The maximum Gasteiger partial charge on any atom is 0.161 e. The Hall–Kier alpha value is -2.07. The third-order valence-electron chi connectivity index (χ3n) is 3.17. The van der Waals surface area contributed by atoms with E-state index in [1.807, 2.05) is 24.3 Å². The van der Waals surface area contributed by atoms with Gasteiger partial charge in [-0.2, -0.15) is 0 Å². The molecule has 1 aromatic carbocycles. The highest BCUT2D eigenvalue weighted by atomic mass is 16.5. The number of nitrogens with zero attached hydrogens (tertiary/aromatic N) is 1. The van der Waals surface area contributed by atoms with Gasteiger partial charge in [0.1, 0.15) is 0 Å². The Morgan fingerprint density at radius 3 is 2.30 bits per heavy atom. The predicted molar refractivity (Wildman–Crippen MR) is 80.2 cm³/mol. The van der Waals surface area contributed by atoms with Crippen LogP contribution in [-0.2, 0) is 6.54 Å². The molecule has 0 bridgehead atoms. The minimum atomic E-state index is 0.736. The topological polar surface area (TPSA) is 43.4 Å². The molecule has 2 aromatic rings. The first-order valence-electron chi connectivity index (χ1n) is 6.66. The lowest BCUT2D eigenvalue weighted by Crippen LogP contribution is -2.12. The first kappa shape index (κ1) is 14.3. The molecule has 0 unspecified atom stereocenters. The van der Waals surface area contributed by atoms with Crippen LogP contribution in [0.1, 0.15) is 12.5 Å². The zero-order chi connectivity index (χ0) is 14.4. The fourth-order valence-electron chi connectivity index (χ4n) is 2.13. The van der Waals surface area contributed by atoms with E-state index in [0.29, 0.717) is 0 Å². The van der Waals surface area contributed by atoms with E-state index in [2.05, 4.69) is 17.2 Å². The van der Waals surface area contributed by atoms with Crippen LogP contribution >= 0.6 is 0 Å². The molecule has 106 valence electrons. The second kappa shape index (κ2) is 6.91. The molecule has 0 amide bonds. The minimum Gasteiger partial charge on any atom is -0.493 e. The second-order valence-corrected chi connectivity index (χ2v) is 4.38. The molecule has 0 aliphatic carbocycles. The molecule has 2 rings (SSSR count). The smallest absolute Gasteiger partial charge is 0.161 e. The van der Waals surface area contributed by atoms with E-state index in [-0.39, 0.29) is 0 Å². The molecule has 4 nitrogen and oxygen atoms in total. The van der Waals surface area contributed by atoms with Crippen LogP contribution in [0, 0.1) is 0 Å². The van der Waals surface area contributed by atoms with Crippen molar-refractivity contribution in [2.75, 3.05) is 20.8 Å². The van der Waals surface area contributed by atoms with Crippen LogP contribution in [0.4, 0.5) is 0 Å². The van der Waals surface area contributed by atoms with E-state index in [1.54, 1.807) is 26.6 Å². The zero-order valence-corrected chi connectivity index (χ0v) is 12.1. The van der Waals surface area contributed by atoms with Crippen molar-refractivity contribution in [3.8, 4) is 22.6 Å². The van der Waals surface area contributed by atoms with Crippen LogP contribution in [0.25, 0.3) is 11.1 Å². The number of hydrogen-bond acceptors (Lipinski definition) is 4. The van der Waals surface area contributed by atoms with E-state index >= 15 is 0 Å². The molecular formula is C16H20N2O2. The molecule has 0 spiro atoms. The second-order valence-electron chi connectivity index (χ2n) is 4.38. The van der Waals surface area contributed by atoms with Gasteiger partial charge in [-0.15, -0.1) is 0 Å². The number of aromatic nitrogens is 1. The van der Waals surface area contributed by atoms with Crippen molar-refractivity contribution in [1.29, 1.82) is 0 Å². The molecule has 20 heavy (non-hydrogen) atoms. The van der Waals surface area contributed by atoms with Gasteiger partial charge in [0.05, 0.1) is 14.2 Å². The Morgan fingerprint density at radius 1 is 1.05 bits per heavy atom. The summed E-state index contributed by atoms with van der Waals surface area (Å²) in [5.41, 5.74) is 3.43. The average Bonchev–Trinajstić information content (AvgIpc) is 2.52. The highest BCUT2D eigenvalue weighted by Gasteiger charge is 2.12. The zero-order valence-electron chi connectivity index (χ0n) is 12.1. The molecule has 1 aromatic heterocycles. The number of benzene rings is 1. The van der Waals surface area contributed by atoms with Crippen LogP contribution in [0.3, 0.4) is 0 Å². The minimum absolute atomic E-state index is 0.736. The van der Waals surface area contributed by atoms with Gasteiger partial charge in [0.2, 0.25) is 0 Å². The Bertz CT molecular complexity index is 556. The van der Waals surface area contributed by atoms with E-state index in [4.69, 9.17) is 9.47 Å². The van der Waals surface area contributed by atoms with E-state index < -0.39 is 0 Å². The Labute approximate surface area is 119 Å². The monoisotopic (exact) mass is 272 g/mol. The third-order valence-corrected chi connectivity index (χ3v) is 3.17. The number of pyridine rings is 1. The van der Waals surface area contributed by atoms with Crippen molar-refractivity contribution in [3.63, 3.8) is 0 Å². The van der Waals surface area contributed by atoms with Gasteiger partial charge in [0, 0.05) is 18.9 Å². The van der Waals surface area contributed by atoms with Gasteiger partial charge in [-0.1, -0.05) is 6.92 Å². The largest absolute Gasteiger partial charge is 0.493 e. The lowest BCUT2D eigenvalue weighted by Gasteiger charge is -2.15. The van der Waals surface area contributed by atoms with Crippen molar-refractivity contribution in [2.24, 2.45) is 0 Å². The molecule has 1 heterocycles. The summed E-state index contributed by atoms with van der Waals surface area (Å²) in [6.07, 6.45) is 3.59. The van der Waals surface area contributed by atoms with Crippen molar-refractivity contribution in [2.45, 2.75) is 13.5 Å². The maximum absolute atomic E-state index is 5.40. The highest BCUT2D eigenvalue weighted by Crippen LogP contribution is 2.35. The van der Waals surface area contributed by atoms with Crippen LogP contribution in [0.15, 0.2) is 36.7 Å². The van der Waals surface area contributed by atoms with Crippen LogP contribution in [-0.4, -0.2) is 25.7 Å². The van der Waals surface area contributed by atoms with Gasteiger partial charge in [0.25, 0.3) is 0 Å². The fourth-order valence-corrected chi connectivity index (χ4v) is 2.13. The van der Waals surface area contributed by atoms with Crippen molar-refractivity contribution < 1.29 is 9.47 Å². The molecule has 0 radical (unpaired) electrons. The van der Waals surface area contributed by atoms with Gasteiger partial charge < -0.3 is 14.8 Å². The van der Waals surface area contributed by atoms with E-state index in [9.17, 15) is 0 Å². The lowest BCUT2D eigenvalue weighted by atomic mass is 9.99. The molecule has 0 fully saturated rings. The molecule has 1 N–H and O–H groups in total. The molecule has 0 saturated carbocycles. The molecular weight excluding hydrogens is 252 g/mol. The van der Waals surface area contributed by atoms with Crippen molar-refractivity contribution in [3.05, 3.63) is 42.2 Å². The van der Waals surface area contributed by atoms with Gasteiger partial charge >= 0.3 is 0 Å². The number of ether oxygens (including phenoxy) is 2. The van der Waals surface area contributed by atoms with Gasteiger partial charge in [-0.25, -0.2) is 0 Å². The van der Waals surface area contributed by atoms with Crippen LogP contribution < -0.4 is 14.8 Å². The predicted octanol–water partition coefficient (Wildman–Crippen LogP) is 2.88. The summed E-state index contributed by atoms with van der Waals surface area (Å²) in [6.45, 7) is 3.80. The quantitative estimate of drug-likeness (QED) is 0.878. The average molecular weight is 272 g/mol. The van der Waals surface area contributed by atoms with Crippen LogP contribution in [0.5, 0.6) is 11.5 Å². The summed E-state index contributed by atoms with van der Waals surface area (Å²) in [5, 5.41) is 3.35. The maximum atomic E-state index is 5.40. The Morgan fingerprint density at radius 2 is 1.70 bits per heavy atom.